The van der Waals surface area contributed by atoms with Crippen molar-refractivity contribution in [2.75, 3.05) is 0 Å². The lowest BCUT2D eigenvalue weighted by atomic mass is 9.98. The third kappa shape index (κ3) is 4.20. The fourth-order valence-electron chi connectivity index (χ4n) is 4.28. The first-order valence-electron chi connectivity index (χ1n) is 11.3. The Hall–Kier alpha value is -4.06. The molecule has 0 saturated carbocycles. The van der Waals surface area contributed by atoms with Gasteiger partial charge in [0.1, 0.15) is 0 Å². The molecule has 0 radical (unpaired) electrons. The molecule has 0 fully saturated rings. The van der Waals surface area contributed by atoms with Crippen LogP contribution in [0.3, 0.4) is 0 Å². The molecule has 164 valence electrons. The minimum Gasteiger partial charge on any atom is -0.308 e. The van der Waals surface area contributed by atoms with Crippen molar-refractivity contribution in [3.05, 3.63) is 100 Å². The number of benzene rings is 3. The van der Waals surface area contributed by atoms with Crippen molar-refractivity contribution in [1.29, 1.82) is 0 Å². The monoisotopic (exact) mass is 435 g/mol. The molecule has 5 aromatic rings. The van der Waals surface area contributed by atoms with Crippen molar-refractivity contribution in [2.45, 2.75) is 32.7 Å². The highest BCUT2D eigenvalue weighted by atomic mass is 16.1. The fraction of sp³-hybridized carbons (Fsp3) is 0.185. The summed E-state index contributed by atoms with van der Waals surface area (Å²) < 4.78 is 1.93. The highest BCUT2D eigenvalue weighted by Gasteiger charge is 2.12. The predicted octanol–water partition coefficient (Wildman–Crippen LogP) is 5.24. The molecule has 0 aliphatic heterocycles. The number of aryl methyl sites for hydroxylation is 1. The maximum atomic E-state index is 13.3. The van der Waals surface area contributed by atoms with Crippen molar-refractivity contribution >= 4 is 10.8 Å². The molecule has 0 saturated heterocycles. The van der Waals surface area contributed by atoms with Crippen LogP contribution in [0.15, 0.2) is 83.7 Å². The smallest absolute Gasteiger partial charge is 0.258 e. The highest BCUT2D eigenvalue weighted by molar-refractivity contribution is 5.82. The van der Waals surface area contributed by atoms with Gasteiger partial charge >= 0.3 is 0 Å². The molecular formula is C27H25N5O. The Morgan fingerprint density at radius 1 is 0.909 bits per heavy atom. The summed E-state index contributed by atoms with van der Waals surface area (Å²) in [7, 11) is 0. The minimum atomic E-state index is 0.0754. The molecule has 0 spiro atoms. The molecular weight excluding hydrogens is 410 g/mol. The first-order chi connectivity index (χ1) is 16.2. The van der Waals surface area contributed by atoms with E-state index in [0.29, 0.717) is 12.4 Å². The fourth-order valence-corrected chi connectivity index (χ4v) is 4.28. The summed E-state index contributed by atoms with van der Waals surface area (Å²) in [6.07, 6.45) is 3.05. The lowest BCUT2D eigenvalue weighted by Crippen LogP contribution is -2.24. The number of tetrazole rings is 1. The van der Waals surface area contributed by atoms with Gasteiger partial charge in [-0.05, 0) is 57.5 Å². The zero-order valence-electron chi connectivity index (χ0n) is 18.5. The summed E-state index contributed by atoms with van der Waals surface area (Å²) in [6, 6.07) is 26.4. The Balaban J connectivity index is 1.50. The zero-order valence-corrected chi connectivity index (χ0v) is 18.5. The molecule has 0 aliphatic rings. The first kappa shape index (κ1) is 20.8. The van der Waals surface area contributed by atoms with Crippen LogP contribution in [0.25, 0.3) is 33.3 Å². The number of unbranched alkanes of at least 4 members (excludes halogenated alkanes) is 1. The number of nitrogens with one attached hydrogen (secondary N) is 1. The average molecular weight is 436 g/mol. The number of rotatable bonds is 7. The van der Waals surface area contributed by atoms with E-state index in [9.17, 15) is 4.79 Å². The van der Waals surface area contributed by atoms with E-state index >= 15 is 0 Å². The molecule has 3 aromatic carbocycles. The van der Waals surface area contributed by atoms with Crippen molar-refractivity contribution in [1.82, 2.24) is 25.2 Å². The summed E-state index contributed by atoms with van der Waals surface area (Å²) in [4.78, 5) is 13.3. The maximum absolute atomic E-state index is 13.3. The summed E-state index contributed by atoms with van der Waals surface area (Å²) in [5.74, 6) is 0.637. The number of pyridine rings is 1. The number of fused-ring (bicyclic) bond motifs is 1. The predicted molar refractivity (Wildman–Crippen MR) is 131 cm³/mol. The number of hydrogen-bond donors (Lipinski definition) is 1. The number of hydrogen-bond acceptors (Lipinski definition) is 4. The van der Waals surface area contributed by atoms with Crippen LogP contribution in [0.5, 0.6) is 0 Å². The molecule has 0 aliphatic carbocycles. The third-order valence-electron chi connectivity index (χ3n) is 6.02. The summed E-state index contributed by atoms with van der Waals surface area (Å²) in [5, 5.41) is 16.1. The molecule has 1 N–H and O–H groups in total. The van der Waals surface area contributed by atoms with E-state index in [4.69, 9.17) is 0 Å². The van der Waals surface area contributed by atoms with Gasteiger partial charge in [0.15, 0.2) is 5.82 Å². The summed E-state index contributed by atoms with van der Waals surface area (Å²) in [6.45, 7) is 2.73. The van der Waals surface area contributed by atoms with Crippen LogP contribution in [-0.2, 0) is 13.0 Å². The molecule has 0 unspecified atom stereocenters. The second-order valence-electron chi connectivity index (χ2n) is 8.21. The molecule has 6 heteroatoms. The standard InChI is InChI=1S/C27H25N5O/c1-2-3-9-22-17-21-8-4-5-11-24(21)27(33)32(22)18-19-13-15-20(16-14-19)23-10-6-7-12-25(23)26-28-30-31-29-26/h4-8,10-17H,2-3,9,18H2,1H3,(H,28,29,30,31). The van der Waals surface area contributed by atoms with Crippen LogP contribution in [-0.4, -0.2) is 25.2 Å². The van der Waals surface area contributed by atoms with Gasteiger partial charge in [-0.2, -0.15) is 0 Å². The topological polar surface area (TPSA) is 76.5 Å². The van der Waals surface area contributed by atoms with Gasteiger partial charge in [-0.25, -0.2) is 5.10 Å². The third-order valence-corrected chi connectivity index (χ3v) is 6.02. The van der Waals surface area contributed by atoms with Gasteiger partial charge in [0.2, 0.25) is 0 Å². The van der Waals surface area contributed by atoms with Crippen molar-refractivity contribution < 1.29 is 0 Å². The molecule has 2 aromatic heterocycles. The van der Waals surface area contributed by atoms with E-state index in [1.165, 1.54) is 0 Å². The van der Waals surface area contributed by atoms with Crippen molar-refractivity contribution in [3.63, 3.8) is 0 Å². The van der Waals surface area contributed by atoms with E-state index in [1.54, 1.807) is 0 Å². The molecule has 0 atom stereocenters. The number of nitrogens with zero attached hydrogens (tertiary/aromatic N) is 4. The van der Waals surface area contributed by atoms with E-state index in [2.05, 4.69) is 63.9 Å². The first-order valence-corrected chi connectivity index (χ1v) is 11.3. The Labute approximate surface area is 191 Å². The van der Waals surface area contributed by atoms with Gasteiger partial charge < -0.3 is 4.57 Å². The molecule has 2 heterocycles. The Kier molecular flexibility index (Phi) is 5.81. The number of aromatic amines is 1. The van der Waals surface area contributed by atoms with E-state index in [-0.39, 0.29) is 5.56 Å². The molecule has 6 nitrogen and oxygen atoms in total. The average Bonchev–Trinajstić information content (AvgIpc) is 3.40. The Bertz CT molecular complexity index is 1440. The lowest BCUT2D eigenvalue weighted by Gasteiger charge is -2.15. The van der Waals surface area contributed by atoms with Crippen molar-refractivity contribution in [2.24, 2.45) is 0 Å². The van der Waals surface area contributed by atoms with Crippen molar-refractivity contribution in [3.8, 4) is 22.5 Å². The largest absolute Gasteiger partial charge is 0.308 e. The van der Waals surface area contributed by atoms with Gasteiger partial charge in [0.25, 0.3) is 5.56 Å². The molecule has 0 bridgehead atoms. The van der Waals surface area contributed by atoms with Gasteiger partial charge in [0, 0.05) is 16.6 Å². The highest BCUT2D eigenvalue weighted by Crippen LogP contribution is 2.29. The van der Waals surface area contributed by atoms with Crippen LogP contribution < -0.4 is 5.56 Å². The Morgan fingerprint density at radius 3 is 2.42 bits per heavy atom. The second kappa shape index (κ2) is 9.20. The summed E-state index contributed by atoms with van der Waals surface area (Å²) >= 11 is 0. The van der Waals surface area contributed by atoms with E-state index in [1.807, 2.05) is 47.0 Å². The normalized spacial score (nSPS) is 11.2. The lowest BCUT2D eigenvalue weighted by molar-refractivity contribution is 0.673. The minimum absolute atomic E-state index is 0.0754. The van der Waals surface area contributed by atoms with Crippen LogP contribution in [0.1, 0.15) is 31.0 Å². The van der Waals surface area contributed by atoms with Crippen LogP contribution in [0.4, 0.5) is 0 Å². The summed E-state index contributed by atoms with van der Waals surface area (Å²) in [5.41, 5.74) is 5.33. The number of H-pyrrole nitrogens is 1. The van der Waals surface area contributed by atoms with E-state index in [0.717, 1.165) is 58.0 Å². The van der Waals surface area contributed by atoms with Gasteiger partial charge in [-0.3, -0.25) is 4.79 Å². The van der Waals surface area contributed by atoms with E-state index < -0.39 is 0 Å². The Morgan fingerprint density at radius 2 is 1.67 bits per heavy atom. The molecule has 0 amide bonds. The van der Waals surface area contributed by atoms with Crippen LogP contribution in [0.2, 0.25) is 0 Å². The number of aromatic nitrogens is 5. The molecule has 5 rings (SSSR count). The maximum Gasteiger partial charge on any atom is 0.258 e. The zero-order chi connectivity index (χ0) is 22.6. The van der Waals surface area contributed by atoms with Crippen LogP contribution >= 0.6 is 0 Å². The second-order valence-corrected chi connectivity index (χ2v) is 8.21. The molecule has 33 heavy (non-hydrogen) atoms. The van der Waals surface area contributed by atoms with Gasteiger partial charge in [-0.1, -0.05) is 80.1 Å². The van der Waals surface area contributed by atoms with Gasteiger partial charge in [0.05, 0.1) is 6.54 Å². The quantitative estimate of drug-likeness (QED) is 0.379. The van der Waals surface area contributed by atoms with Gasteiger partial charge in [-0.15, -0.1) is 5.10 Å². The SMILES string of the molecule is CCCCc1cc2ccccc2c(=O)n1Cc1ccc(-c2ccccc2-c2nnn[nH]2)cc1. The van der Waals surface area contributed by atoms with Crippen LogP contribution in [0, 0.1) is 0 Å².